The van der Waals surface area contributed by atoms with Gasteiger partial charge < -0.3 is 4.74 Å². The van der Waals surface area contributed by atoms with Gasteiger partial charge in [0.25, 0.3) is 10.0 Å². The van der Waals surface area contributed by atoms with E-state index in [4.69, 9.17) is 4.74 Å². The summed E-state index contributed by atoms with van der Waals surface area (Å²) in [6.45, 7) is 3.82. The van der Waals surface area contributed by atoms with Crippen molar-refractivity contribution in [2.45, 2.75) is 25.2 Å². The highest BCUT2D eigenvalue weighted by atomic mass is 32.2. The Morgan fingerprint density at radius 2 is 1.72 bits per heavy atom. The van der Waals surface area contributed by atoms with Gasteiger partial charge in [-0.15, -0.1) is 0 Å². The first-order valence-electron chi connectivity index (χ1n) is 7.78. The summed E-state index contributed by atoms with van der Waals surface area (Å²) in [4.78, 5) is 14.1. The molecule has 0 heterocycles. The van der Waals surface area contributed by atoms with Gasteiger partial charge in [0.05, 0.1) is 23.6 Å². The summed E-state index contributed by atoms with van der Waals surface area (Å²) in [6.07, 6.45) is -0.131. The Bertz CT molecular complexity index is 844. The van der Waals surface area contributed by atoms with Crippen molar-refractivity contribution in [2.75, 3.05) is 6.61 Å². The highest BCUT2D eigenvalue weighted by Crippen LogP contribution is 2.11. The van der Waals surface area contributed by atoms with Gasteiger partial charge in [-0.25, -0.2) is 0 Å². The molecular weight excluding hydrogens is 340 g/mol. The molecule has 2 aromatic rings. The lowest BCUT2D eigenvalue weighted by atomic mass is 10.1. The molecule has 0 aliphatic heterocycles. The van der Waals surface area contributed by atoms with E-state index in [9.17, 15) is 13.2 Å². The standard InChI is InChI=1S/C18H20N2O4S/c1-3-24-18(21)13-17(15-7-5-4-6-8-15)19-20-25(22,23)16-11-9-14(2)10-12-16/h4-12,20H,3,13H2,1-2H3/b19-17-. The lowest BCUT2D eigenvalue weighted by Crippen LogP contribution is -2.22. The van der Waals surface area contributed by atoms with E-state index >= 15 is 0 Å². The number of carbonyl (C=O) groups excluding carboxylic acids is 1. The molecular formula is C18H20N2O4S. The second-order valence-corrected chi connectivity index (χ2v) is 6.97. The minimum Gasteiger partial charge on any atom is -0.466 e. The van der Waals surface area contributed by atoms with Crippen molar-refractivity contribution >= 4 is 21.7 Å². The molecule has 0 aliphatic rings. The molecule has 0 radical (unpaired) electrons. The zero-order valence-electron chi connectivity index (χ0n) is 14.1. The summed E-state index contributed by atoms with van der Waals surface area (Å²) < 4.78 is 29.6. The molecule has 0 bridgehead atoms. The van der Waals surface area contributed by atoms with E-state index in [2.05, 4.69) is 9.93 Å². The zero-order valence-corrected chi connectivity index (χ0v) is 14.9. The Balaban J connectivity index is 2.27. The van der Waals surface area contributed by atoms with Crippen LogP contribution in [-0.4, -0.2) is 26.7 Å². The minimum atomic E-state index is -3.82. The predicted molar refractivity (Wildman–Crippen MR) is 95.7 cm³/mol. The molecule has 132 valence electrons. The molecule has 0 atom stereocenters. The smallest absolute Gasteiger partial charge is 0.311 e. The molecule has 2 rings (SSSR count). The monoisotopic (exact) mass is 360 g/mol. The Hall–Kier alpha value is -2.67. The van der Waals surface area contributed by atoms with Crippen LogP contribution in [0.1, 0.15) is 24.5 Å². The van der Waals surface area contributed by atoms with Crippen LogP contribution in [0.2, 0.25) is 0 Å². The van der Waals surface area contributed by atoms with E-state index in [0.29, 0.717) is 5.56 Å². The quantitative estimate of drug-likeness (QED) is 0.467. The number of carbonyl (C=O) groups is 1. The third-order valence-corrected chi connectivity index (χ3v) is 4.58. The summed E-state index contributed by atoms with van der Waals surface area (Å²) >= 11 is 0. The van der Waals surface area contributed by atoms with Crippen LogP contribution in [0.4, 0.5) is 0 Å². The van der Waals surface area contributed by atoms with Gasteiger partial charge in [-0.1, -0.05) is 48.0 Å². The van der Waals surface area contributed by atoms with Crippen LogP contribution < -0.4 is 4.83 Å². The van der Waals surface area contributed by atoms with Gasteiger partial charge in [-0.2, -0.15) is 18.4 Å². The van der Waals surface area contributed by atoms with Gasteiger partial charge in [0.15, 0.2) is 0 Å². The molecule has 0 unspecified atom stereocenters. The molecule has 25 heavy (non-hydrogen) atoms. The first-order valence-corrected chi connectivity index (χ1v) is 9.27. The number of sulfonamides is 1. The Morgan fingerprint density at radius 1 is 1.08 bits per heavy atom. The number of hydrazone groups is 1. The maximum atomic E-state index is 12.4. The molecule has 0 saturated carbocycles. The molecule has 0 fully saturated rings. The third kappa shape index (κ3) is 5.42. The highest BCUT2D eigenvalue weighted by molar-refractivity contribution is 7.89. The largest absolute Gasteiger partial charge is 0.466 e. The van der Waals surface area contributed by atoms with E-state index in [0.717, 1.165) is 5.56 Å². The van der Waals surface area contributed by atoms with Gasteiger partial charge in [0.1, 0.15) is 0 Å². The molecule has 0 spiro atoms. The number of aryl methyl sites for hydroxylation is 1. The van der Waals surface area contributed by atoms with Gasteiger partial charge in [-0.3, -0.25) is 4.79 Å². The van der Waals surface area contributed by atoms with Gasteiger partial charge >= 0.3 is 5.97 Å². The van der Waals surface area contributed by atoms with Crippen molar-refractivity contribution in [2.24, 2.45) is 5.10 Å². The summed E-state index contributed by atoms with van der Waals surface area (Å²) in [5.74, 6) is -0.473. The molecule has 6 nitrogen and oxygen atoms in total. The molecule has 0 saturated heterocycles. The van der Waals surface area contributed by atoms with Crippen molar-refractivity contribution in [3.63, 3.8) is 0 Å². The lowest BCUT2D eigenvalue weighted by molar-refractivity contribution is -0.141. The molecule has 0 aliphatic carbocycles. The Morgan fingerprint density at radius 3 is 2.32 bits per heavy atom. The average molecular weight is 360 g/mol. The lowest BCUT2D eigenvalue weighted by Gasteiger charge is -2.09. The van der Waals surface area contributed by atoms with E-state index in [1.165, 1.54) is 12.1 Å². The summed E-state index contributed by atoms with van der Waals surface area (Å²) in [5, 5.41) is 3.96. The normalized spacial score (nSPS) is 11.8. The number of hydrogen-bond acceptors (Lipinski definition) is 5. The fraction of sp³-hybridized carbons (Fsp3) is 0.222. The van der Waals surface area contributed by atoms with Crippen LogP contribution in [0, 0.1) is 6.92 Å². The van der Waals surface area contributed by atoms with Crippen molar-refractivity contribution in [1.82, 2.24) is 4.83 Å². The van der Waals surface area contributed by atoms with Crippen LogP contribution in [0.25, 0.3) is 0 Å². The van der Waals surface area contributed by atoms with Gasteiger partial charge in [0, 0.05) is 0 Å². The first-order chi connectivity index (χ1) is 11.9. The van der Waals surface area contributed by atoms with Crippen LogP contribution in [-0.2, 0) is 19.6 Å². The molecule has 0 amide bonds. The number of hydrogen-bond donors (Lipinski definition) is 1. The fourth-order valence-electron chi connectivity index (χ4n) is 2.07. The zero-order chi connectivity index (χ0) is 18.3. The number of esters is 1. The Kier molecular flexibility index (Phi) is 6.30. The molecule has 0 aromatic heterocycles. The van der Waals surface area contributed by atoms with E-state index < -0.39 is 16.0 Å². The number of rotatable bonds is 7. The van der Waals surface area contributed by atoms with Crippen molar-refractivity contribution in [3.8, 4) is 0 Å². The fourth-order valence-corrected chi connectivity index (χ4v) is 2.90. The maximum Gasteiger partial charge on any atom is 0.311 e. The topological polar surface area (TPSA) is 84.8 Å². The summed E-state index contributed by atoms with van der Waals surface area (Å²) in [7, 11) is -3.82. The predicted octanol–water partition coefficient (Wildman–Crippen LogP) is 2.63. The third-order valence-electron chi connectivity index (χ3n) is 3.36. The molecule has 1 N–H and O–H groups in total. The average Bonchev–Trinajstić information content (AvgIpc) is 2.60. The van der Waals surface area contributed by atoms with Crippen molar-refractivity contribution in [1.29, 1.82) is 0 Å². The van der Waals surface area contributed by atoms with E-state index in [1.54, 1.807) is 43.3 Å². The second kappa shape index (κ2) is 8.43. The summed E-state index contributed by atoms with van der Waals surface area (Å²) in [6, 6.07) is 15.3. The minimum absolute atomic E-state index is 0.102. The van der Waals surface area contributed by atoms with E-state index in [-0.39, 0.29) is 23.6 Å². The van der Waals surface area contributed by atoms with Crippen LogP contribution in [0.15, 0.2) is 64.6 Å². The van der Waals surface area contributed by atoms with Crippen LogP contribution in [0.5, 0.6) is 0 Å². The first kappa shape index (κ1) is 18.7. The maximum absolute atomic E-state index is 12.4. The van der Waals surface area contributed by atoms with Gasteiger partial charge in [0.2, 0.25) is 0 Å². The second-order valence-electron chi connectivity index (χ2n) is 5.31. The highest BCUT2D eigenvalue weighted by Gasteiger charge is 2.15. The Labute approximate surface area is 147 Å². The van der Waals surface area contributed by atoms with Crippen LogP contribution >= 0.6 is 0 Å². The van der Waals surface area contributed by atoms with Crippen molar-refractivity contribution in [3.05, 3.63) is 65.7 Å². The number of nitrogens with one attached hydrogen (secondary N) is 1. The van der Waals surface area contributed by atoms with E-state index in [1.807, 2.05) is 13.0 Å². The number of benzene rings is 2. The number of nitrogens with zero attached hydrogens (tertiary/aromatic N) is 1. The molecule has 2 aromatic carbocycles. The molecule has 7 heteroatoms. The van der Waals surface area contributed by atoms with Crippen LogP contribution in [0.3, 0.4) is 0 Å². The summed E-state index contributed by atoms with van der Waals surface area (Å²) in [5.41, 5.74) is 1.88. The SMILES string of the molecule is CCOC(=O)C/C(=N/NS(=O)(=O)c1ccc(C)cc1)c1ccccc1. The van der Waals surface area contributed by atoms with Crippen molar-refractivity contribution < 1.29 is 17.9 Å². The number of ether oxygens (including phenoxy) is 1. The van der Waals surface area contributed by atoms with Gasteiger partial charge in [-0.05, 0) is 31.5 Å².